The third-order valence-electron chi connectivity index (χ3n) is 2.31. The quantitative estimate of drug-likeness (QED) is 0.651. The first-order chi connectivity index (χ1) is 7.65. The topological polar surface area (TPSA) is 52.0 Å². The van der Waals surface area contributed by atoms with Crippen LogP contribution in [0.1, 0.15) is 20.3 Å². The summed E-state index contributed by atoms with van der Waals surface area (Å²) in [5.74, 6) is 1.76. The maximum Gasteiger partial charge on any atom is 0.256 e. The van der Waals surface area contributed by atoms with Crippen LogP contribution in [0, 0.1) is 5.92 Å². The van der Waals surface area contributed by atoms with Crippen LogP contribution in [0.3, 0.4) is 0 Å². The maximum absolute atomic E-state index is 5.68. The van der Waals surface area contributed by atoms with Crippen molar-refractivity contribution in [3.05, 3.63) is 18.2 Å². The molecule has 0 radical (unpaired) electrons. The molecule has 0 aliphatic rings. The Morgan fingerprint density at radius 3 is 3.00 bits per heavy atom. The van der Waals surface area contributed by atoms with Gasteiger partial charge in [0.1, 0.15) is 5.52 Å². The fraction of sp³-hybridized carbons (Fsp3) is 0.417. The van der Waals surface area contributed by atoms with Crippen LogP contribution in [0.4, 0.5) is 5.69 Å². The number of thioether (sulfide) groups is 1. The molecular weight excluding hydrogens is 220 g/mol. The van der Waals surface area contributed by atoms with Crippen molar-refractivity contribution in [2.75, 3.05) is 11.5 Å². The highest BCUT2D eigenvalue weighted by atomic mass is 32.2. The molecule has 4 heteroatoms. The number of hydrogen-bond donors (Lipinski definition) is 1. The molecule has 0 spiro atoms. The molecular formula is C12H16N2OS. The fourth-order valence-electron chi connectivity index (χ4n) is 1.36. The van der Waals surface area contributed by atoms with Gasteiger partial charge in [0.15, 0.2) is 5.58 Å². The predicted octanol–water partition coefficient (Wildman–Crippen LogP) is 3.55. The third-order valence-corrected chi connectivity index (χ3v) is 3.18. The summed E-state index contributed by atoms with van der Waals surface area (Å²) in [5.41, 5.74) is 8.04. The van der Waals surface area contributed by atoms with Crippen LogP contribution in [0.5, 0.6) is 0 Å². The molecule has 0 fully saturated rings. The number of fused-ring (bicyclic) bond motifs is 1. The van der Waals surface area contributed by atoms with E-state index in [1.165, 1.54) is 6.42 Å². The van der Waals surface area contributed by atoms with Crippen LogP contribution in [0.15, 0.2) is 27.8 Å². The zero-order valence-corrected chi connectivity index (χ0v) is 10.4. The molecule has 86 valence electrons. The molecule has 0 bridgehead atoms. The summed E-state index contributed by atoms with van der Waals surface area (Å²) in [6.45, 7) is 4.43. The molecule has 3 nitrogen and oxygen atoms in total. The average Bonchev–Trinajstić information content (AvgIpc) is 2.58. The lowest BCUT2D eigenvalue weighted by molar-refractivity contribution is 0.488. The Hall–Kier alpha value is -1.16. The number of rotatable bonds is 4. The van der Waals surface area contributed by atoms with Crippen LogP contribution in [0.2, 0.25) is 0 Å². The van der Waals surface area contributed by atoms with Crippen LogP contribution in [-0.2, 0) is 0 Å². The van der Waals surface area contributed by atoms with Gasteiger partial charge in [-0.15, -0.1) is 0 Å². The van der Waals surface area contributed by atoms with E-state index in [2.05, 4.69) is 18.8 Å². The third kappa shape index (κ3) is 2.70. The number of nitrogen functional groups attached to an aromatic ring is 1. The molecule has 0 amide bonds. The van der Waals surface area contributed by atoms with Crippen molar-refractivity contribution in [1.29, 1.82) is 0 Å². The molecule has 2 N–H and O–H groups in total. The molecule has 1 heterocycles. The second-order valence-corrected chi connectivity index (χ2v) is 5.28. The van der Waals surface area contributed by atoms with Gasteiger partial charge < -0.3 is 10.2 Å². The van der Waals surface area contributed by atoms with Crippen LogP contribution < -0.4 is 5.73 Å². The normalized spacial score (nSPS) is 11.4. The Kier molecular flexibility index (Phi) is 3.39. The molecule has 2 aromatic rings. The lowest BCUT2D eigenvalue weighted by atomic mass is 10.2. The molecule has 16 heavy (non-hydrogen) atoms. The van der Waals surface area contributed by atoms with Gasteiger partial charge in [-0.1, -0.05) is 25.6 Å². The summed E-state index contributed by atoms with van der Waals surface area (Å²) in [5, 5.41) is 0.737. The minimum atomic E-state index is 0.711. The standard InChI is InChI=1S/C12H16N2OS/c1-8(2)5-6-16-12-14-10-4-3-9(13)7-11(10)15-12/h3-4,7-8H,5-6,13H2,1-2H3. The van der Waals surface area contributed by atoms with E-state index in [4.69, 9.17) is 10.2 Å². The average molecular weight is 236 g/mol. The summed E-state index contributed by atoms with van der Waals surface area (Å²) in [7, 11) is 0. The van der Waals surface area contributed by atoms with Gasteiger partial charge in [-0.05, 0) is 24.5 Å². The SMILES string of the molecule is CC(C)CCSc1nc2ccc(N)cc2o1. The van der Waals surface area contributed by atoms with Crippen LogP contribution >= 0.6 is 11.8 Å². The number of benzene rings is 1. The summed E-state index contributed by atoms with van der Waals surface area (Å²) in [4.78, 5) is 4.39. The Morgan fingerprint density at radius 2 is 2.25 bits per heavy atom. The van der Waals surface area contributed by atoms with E-state index >= 15 is 0 Å². The second-order valence-electron chi connectivity index (χ2n) is 4.24. The van der Waals surface area contributed by atoms with E-state index in [-0.39, 0.29) is 0 Å². The first kappa shape index (κ1) is 11.3. The summed E-state index contributed by atoms with van der Waals surface area (Å²) >= 11 is 1.66. The van der Waals surface area contributed by atoms with E-state index in [0.717, 1.165) is 22.1 Å². The Bertz CT molecular complexity index is 479. The zero-order chi connectivity index (χ0) is 11.5. The van der Waals surface area contributed by atoms with Crippen molar-refractivity contribution < 1.29 is 4.42 Å². The van der Waals surface area contributed by atoms with Gasteiger partial charge in [-0.3, -0.25) is 0 Å². The highest BCUT2D eigenvalue weighted by molar-refractivity contribution is 7.99. The van der Waals surface area contributed by atoms with Crippen molar-refractivity contribution in [2.45, 2.75) is 25.5 Å². The van der Waals surface area contributed by atoms with Gasteiger partial charge in [0.25, 0.3) is 5.22 Å². The Morgan fingerprint density at radius 1 is 1.44 bits per heavy atom. The zero-order valence-electron chi connectivity index (χ0n) is 9.56. The molecule has 0 aliphatic carbocycles. The Balaban J connectivity index is 2.08. The Labute approximate surface area is 99.4 Å². The van der Waals surface area contributed by atoms with Crippen molar-refractivity contribution >= 4 is 28.5 Å². The first-order valence-electron chi connectivity index (χ1n) is 5.44. The molecule has 0 unspecified atom stereocenters. The molecule has 0 saturated heterocycles. The van der Waals surface area contributed by atoms with Crippen molar-refractivity contribution in [1.82, 2.24) is 4.98 Å². The highest BCUT2D eigenvalue weighted by Crippen LogP contribution is 2.25. The number of hydrogen-bond acceptors (Lipinski definition) is 4. The molecule has 1 aromatic carbocycles. The first-order valence-corrected chi connectivity index (χ1v) is 6.42. The lowest BCUT2D eigenvalue weighted by Gasteiger charge is -2.00. The van der Waals surface area contributed by atoms with Gasteiger partial charge in [0, 0.05) is 17.5 Å². The van der Waals surface area contributed by atoms with Gasteiger partial charge in [0.2, 0.25) is 0 Å². The minimum Gasteiger partial charge on any atom is -0.431 e. The van der Waals surface area contributed by atoms with Crippen LogP contribution in [0.25, 0.3) is 11.1 Å². The molecule has 0 saturated carbocycles. The number of nitrogens with zero attached hydrogens (tertiary/aromatic N) is 1. The molecule has 0 atom stereocenters. The van der Waals surface area contributed by atoms with E-state index < -0.39 is 0 Å². The number of nitrogens with two attached hydrogens (primary N) is 1. The number of anilines is 1. The van der Waals surface area contributed by atoms with Gasteiger partial charge >= 0.3 is 0 Å². The molecule has 2 rings (SSSR count). The van der Waals surface area contributed by atoms with Gasteiger partial charge in [-0.25, -0.2) is 4.98 Å². The number of aromatic nitrogens is 1. The summed E-state index contributed by atoms with van der Waals surface area (Å²) in [6, 6.07) is 5.54. The summed E-state index contributed by atoms with van der Waals surface area (Å²) in [6.07, 6.45) is 1.17. The van der Waals surface area contributed by atoms with E-state index in [0.29, 0.717) is 11.6 Å². The fourth-order valence-corrected chi connectivity index (χ4v) is 2.44. The minimum absolute atomic E-state index is 0.711. The monoisotopic (exact) mass is 236 g/mol. The van der Waals surface area contributed by atoms with Gasteiger partial charge in [0.05, 0.1) is 0 Å². The largest absolute Gasteiger partial charge is 0.431 e. The van der Waals surface area contributed by atoms with Crippen molar-refractivity contribution in [3.8, 4) is 0 Å². The maximum atomic E-state index is 5.68. The lowest BCUT2D eigenvalue weighted by Crippen LogP contribution is -1.88. The van der Waals surface area contributed by atoms with Crippen molar-refractivity contribution in [3.63, 3.8) is 0 Å². The van der Waals surface area contributed by atoms with Crippen LogP contribution in [-0.4, -0.2) is 10.7 Å². The summed E-state index contributed by atoms with van der Waals surface area (Å²) < 4.78 is 5.60. The number of oxazole rings is 1. The van der Waals surface area contributed by atoms with Gasteiger partial charge in [-0.2, -0.15) is 0 Å². The predicted molar refractivity (Wildman–Crippen MR) is 68.6 cm³/mol. The van der Waals surface area contributed by atoms with Crippen molar-refractivity contribution in [2.24, 2.45) is 5.92 Å². The van der Waals surface area contributed by atoms with E-state index in [1.54, 1.807) is 11.8 Å². The molecule has 0 aliphatic heterocycles. The highest BCUT2D eigenvalue weighted by Gasteiger charge is 2.06. The molecule has 1 aromatic heterocycles. The smallest absolute Gasteiger partial charge is 0.256 e. The van der Waals surface area contributed by atoms with E-state index in [9.17, 15) is 0 Å². The second kappa shape index (κ2) is 4.78. The van der Waals surface area contributed by atoms with E-state index in [1.807, 2.05) is 18.2 Å².